The zero-order valence-electron chi connectivity index (χ0n) is 28.9. The Morgan fingerprint density at radius 3 is 1.98 bits per heavy atom. The van der Waals surface area contributed by atoms with E-state index in [0.29, 0.717) is 25.7 Å². The summed E-state index contributed by atoms with van der Waals surface area (Å²) < 4.78 is 10.5. The standard InChI is InChI=1S/C37H68O8/c1-4-5-14-20-30(39)24-25-33-32(34(40)26-35(33)41)21-16-12-13-18-23-37(43)45-31(27-38)28-44-36(42)22-17-11-9-7-6-8-10-15-19-29(2)3/h24-25,29-35,38-41H,4-23,26-28H2,1-3H3/b25-24+/t30-,31-,32+,33+,34-,35+/m0/s1. The average Bonchev–Trinajstić information content (AvgIpc) is 3.27. The molecule has 0 spiro atoms. The molecule has 1 aliphatic carbocycles. The second-order valence-electron chi connectivity index (χ2n) is 13.8. The van der Waals surface area contributed by atoms with E-state index in [9.17, 15) is 30.0 Å². The Morgan fingerprint density at radius 1 is 0.778 bits per heavy atom. The van der Waals surface area contributed by atoms with Crippen molar-refractivity contribution in [2.24, 2.45) is 17.8 Å². The molecule has 0 bridgehead atoms. The second-order valence-corrected chi connectivity index (χ2v) is 13.8. The van der Waals surface area contributed by atoms with E-state index in [1.54, 1.807) is 6.08 Å². The molecular formula is C37H68O8. The van der Waals surface area contributed by atoms with Crippen LogP contribution in [0.25, 0.3) is 0 Å². The van der Waals surface area contributed by atoms with Crippen molar-refractivity contribution in [2.45, 2.75) is 180 Å². The number of aliphatic hydroxyl groups excluding tert-OH is 4. The molecule has 0 unspecified atom stereocenters. The van der Waals surface area contributed by atoms with Crippen molar-refractivity contribution in [1.82, 2.24) is 0 Å². The molecule has 1 saturated carbocycles. The van der Waals surface area contributed by atoms with Crippen LogP contribution in [0.15, 0.2) is 12.2 Å². The van der Waals surface area contributed by atoms with Gasteiger partial charge in [0.15, 0.2) is 6.10 Å². The topological polar surface area (TPSA) is 134 Å². The number of carbonyl (C=O) groups excluding carboxylic acids is 2. The van der Waals surface area contributed by atoms with Gasteiger partial charge in [0.25, 0.3) is 0 Å². The van der Waals surface area contributed by atoms with Crippen molar-refractivity contribution in [3.63, 3.8) is 0 Å². The molecule has 8 nitrogen and oxygen atoms in total. The summed E-state index contributed by atoms with van der Waals surface area (Å²) in [4.78, 5) is 24.3. The minimum absolute atomic E-state index is 0.0358. The first-order valence-electron chi connectivity index (χ1n) is 18.4. The summed E-state index contributed by atoms with van der Waals surface area (Å²) in [6, 6.07) is 0. The number of hydrogen-bond donors (Lipinski definition) is 4. The van der Waals surface area contributed by atoms with Crippen LogP contribution >= 0.6 is 0 Å². The van der Waals surface area contributed by atoms with Crippen molar-refractivity contribution in [1.29, 1.82) is 0 Å². The van der Waals surface area contributed by atoms with Gasteiger partial charge in [0.1, 0.15) is 6.61 Å². The molecule has 6 atom stereocenters. The van der Waals surface area contributed by atoms with Crippen LogP contribution in [0.4, 0.5) is 0 Å². The summed E-state index contributed by atoms with van der Waals surface area (Å²) in [5.41, 5.74) is 0. The first-order valence-corrected chi connectivity index (χ1v) is 18.4. The molecule has 4 N–H and O–H groups in total. The monoisotopic (exact) mass is 640 g/mol. The molecule has 8 heteroatoms. The van der Waals surface area contributed by atoms with Crippen molar-refractivity contribution in [2.75, 3.05) is 13.2 Å². The van der Waals surface area contributed by atoms with Crippen LogP contribution in [-0.2, 0) is 19.1 Å². The van der Waals surface area contributed by atoms with E-state index in [2.05, 4.69) is 20.8 Å². The molecule has 45 heavy (non-hydrogen) atoms. The highest BCUT2D eigenvalue weighted by Crippen LogP contribution is 2.37. The molecule has 0 saturated heterocycles. The Kier molecular flexibility index (Phi) is 24.5. The van der Waals surface area contributed by atoms with Crippen molar-refractivity contribution in [3.05, 3.63) is 12.2 Å². The number of unbranched alkanes of at least 4 members (excludes halogenated alkanes) is 12. The highest BCUT2D eigenvalue weighted by Gasteiger charge is 2.39. The van der Waals surface area contributed by atoms with E-state index in [1.165, 1.54) is 38.5 Å². The number of ether oxygens (including phenoxy) is 2. The lowest BCUT2D eigenvalue weighted by Crippen LogP contribution is -2.28. The van der Waals surface area contributed by atoms with Crippen LogP contribution < -0.4 is 0 Å². The first kappa shape index (κ1) is 41.5. The van der Waals surface area contributed by atoms with E-state index in [4.69, 9.17) is 9.47 Å². The number of hydrogen-bond acceptors (Lipinski definition) is 8. The summed E-state index contributed by atoms with van der Waals surface area (Å²) in [6.45, 7) is 6.15. The van der Waals surface area contributed by atoms with E-state index in [0.717, 1.165) is 70.1 Å². The summed E-state index contributed by atoms with van der Waals surface area (Å²) in [5.74, 6) is -0.131. The number of esters is 2. The van der Waals surface area contributed by atoms with Crippen LogP contribution in [0.5, 0.6) is 0 Å². The third-order valence-corrected chi connectivity index (χ3v) is 9.09. The lowest BCUT2D eigenvalue weighted by Gasteiger charge is -2.21. The minimum atomic E-state index is -0.845. The highest BCUT2D eigenvalue weighted by molar-refractivity contribution is 5.70. The van der Waals surface area contributed by atoms with E-state index in [-0.39, 0.29) is 30.8 Å². The summed E-state index contributed by atoms with van der Waals surface area (Å²) in [7, 11) is 0. The maximum Gasteiger partial charge on any atom is 0.306 e. The van der Waals surface area contributed by atoms with Crippen LogP contribution in [0, 0.1) is 17.8 Å². The SMILES string of the molecule is CCCCC[C@H](O)/C=C/[C@@H]1[C@@H](CCCCCCC(=O)O[C@@H](CO)COC(=O)CCCCCCCCCCC(C)C)[C@@H](O)C[C@H]1O. The van der Waals surface area contributed by atoms with Gasteiger partial charge in [0, 0.05) is 25.2 Å². The van der Waals surface area contributed by atoms with Crippen LogP contribution in [0.2, 0.25) is 0 Å². The molecule has 0 radical (unpaired) electrons. The minimum Gasteiger partial charge on any atom is -0.462 e. The molecule has 1 aliphatic rings. The van der Waals surface area contributed by atoms with Gasteiger partial charge in [-0.2, -0.15) is 0 Å². The first-order chi connectivity index (χ1) is 21.7. The lowest BCUT2D eigenvalue weighted by molar-refractivity contribution is -0.161. The molecule has 264 valence electrons. The van der Waals surface area contributed by atoms with Gasteiger partial charge in [-0.15, -0.1) is 0 Å². The third kappa shape index (κ3) is 21.1. The molecule has 0 aromatic rings. The molecule has 0 aromatic heterocycles. The predicted molar refractivity (Wildman–Crippen MR) is 180 cm³/mol. The van der Waals surface area contributed by atoms with Crippen LogP contribution in [0.3, 0.4) is 0 Å². The molecular weight excluding hydrogens is 572 g/mol. The molecule has 0 aliphatic heterocycles. The van der Waals surface area contributed by atoms with Crippen molar-refractivity contribution in [3.8, 4) is 0 Å². The molecule has 0 heterocycles. The van der Waals surface area contributed by atoms with E-state index < -0.39 is 37.0 Å². The fraction of sp³-hybridized carbons (Fsp3) is 0.892. The van der Waals surface area contributed by atoms with E-state index in [1.807, 2.05) is 6.08 Å². The Hall–Kier alpha value is -1.48. The Morgan fingerprint density at radius 2 is 1.36 bits per heavy atom. The van der Waals surface area contributed by atoms with Crippen LogP contribution in [0.1, 0.15) is 156 Å². The predicted octanol–water partition coefficient (Wildman–Crippen LogP) is 7.19. The van der Waals surface area contributed by atoms with Gasteiger partial charge in [0.2, 0.25) is 0 Å². The molecule has 1 fully saturated rings. The quantitative estimate of drug-likeness (QED) is 0.0401. The number of aliphatic hydroxyl groups is 4. The highest BCUT2D eigenvalue weighted by atomic mass is 16.6. The van der Waals surface area contributed by atoms with Crippen LogP contribution in [-0.4, -0.2) is 70.0 Å². The Balaban J connectivity index is 2.14. The van der Waals surface area contributed by atoms with Crippen molar-refractivity contribution >= 4 is 11.9 Å². The van der Waals surface area contributed by atoms with Gasteiger partial charge in [-0.05, 0) is 37.5 Å². The smallest absolute Gasteiger partial charge is 0.306 e. The van der Waals surface area contributed by atoms with Gasteiger partial charge in [-0.25, -0.2) is 0 Å². The van der Waals surface area contributed by atoms with E-state index >= 15 is 0 Å². The fourth-order valence-electron chi connectivity index (χ4n) is 6.25. The van der Waals surface area contributed by atoms with Crippen molar-refractivity contribution < 1.29 is 39.5 Å². The Labute approximate surface area is 274 Å². The Bertz CT molecular complexity index is 770. The summed E-state index contributed by atoms with van der Waals surface area (Å²) in [6.07, 6.45) is 20.6. The number of rotatable bonds is 28. The van der Waals surface area contributed by atoms with Gasteiger partial charge in [-0.3, -0.25) is 9.59 Å². The van der Waals surface area contributed by atoms with Gasteiger partial charge < -0.3 is 29.9 Å². The summed E-state index contributed by atoms with van der Waals surface area (Å²) in [5, 5.41) is 40.7. The normalized spacial score (nSPS) is 21.4. The van der Waals surface area contributed by atoms with Gasteiger partial charge >= 0.3 is 11.9 Å². The fourth-order valence-corrected chi connectivity index (χ4v) is 6.25. The molecule has 1 rings (SSSR count). The largest absolute Gasteiger partial charge is 0.462 e. The maximum atomic E-state index is 12.3. The van der Waals surface area contributed by atoms with Gasteiger partial charge in [0.05, 0.1) is 24.9 Å². The molecule has 0 amide bonds. The average molecular weight is 641 g/mol. The molecule has 0 aromatic carbocycles. The lowest BCUT2D eigenvalue weighted by atomic mass is 9.88. The zero-order chi connectivity index (χ0) is 33.3. The zero-order valence-corrected chi connectivity index (χ0v) is 28.9. The maximum absolute atomic E-state index is 12.3. The van der Waals surface area contributed by atoms with Gasteiger partial charge in [-0.1, -0.05) is 123 Å². The third-order valence-electron chi connectivity index (χ3n) is 9.09. The summed E-state index contributed by atoms with van der Waals surface area (Å²) >= 11 is 0. The second kappa shape index (κ2) is 26.6. The number of carbonyl (C=O) groups is 2.